The van der Waals surface area contributed by atoms with Crippen LogP contribution < -0.4 is 10.5 Å². The van der Waals surface area contributed by atoms with E-state index >= 15 is 0 Å². The molecule has 2 atom stereocenters. The average molecular weight is 234 g/mol. The summed E-state index contributed by atoms with van der Waals surface area (Å²) in [6, 6.07) is 0. The molecule has 2 unspecified atom stereocenters. The molecule has 1 rings (SSSR count). The third-order valence-electron chi connectivity index (χ3n) is 3.02. The van der Waals surface area contributed by atoms with Gasteiger partial charge in [0.1, 0.15) is 0 Å². The van der Waals surface area contributed by atoms with Gasteiger partial charge in [-0.05, 0) is 24.7 Å². The smallest absolute Gasteiger partial charge is 0.212 e. The molecule has 0 saturated heterocycles. The Labute approximate surface area is 92.7 Å². The van der Waals surface area contributed by atoms with E-state index in [4.69, 9.17) is 5.73 Å². The Kier molecular flexibility index (Phi) is 5.02. The zero-order valence-corrected chi connectivity index (χ0v) is 10.2. The minimum Gasteiger partial charge on any atom is -0.329 e. The van der Waals surface area contributed by atoms with E-state index in [2.05, 4.69) is 11.6 Å². The molecular weight excluding hydrogens is 212 g/mol. The van der Waals surface area contributed by atoms with E-state index in [1.807, 2.05) is 0 Å². The van der Waals surface area contributed by atoms with E-state index in [1.165, 1.54) is 12.8 Å². The van der Waals surface area contributed by atoms with Crippen LogP contribution in [0.2, 0.25) is 0 Å². The largest absolute Gasteiger partial charge is 0.329 e. The maximum absolute atomic E-state index is 11.4. The lowest BCUT2D eigenvalue weighted by atomic mass is 9.83. The molecule has 0 aliphatic heterocycles. The number of hydrogen-bond donors (Lipinski definition) is 2. The number of nitrogens with two attached hydrogens (primary N) is 1. The predicted molar refractivity (Wildman–Crippen MR) is 62.0 cm³/mol. The van der Waals surface area contributed by atoms with Gasteiger partial charge in [0, 0.05) is 13.1 Å². The standard InChI is InChI=1S/C10H22N2O2S/c1-9-3-2-4-10(7-9)8-12-15(13,14)6-5-11/h9-10,12H,2-8,11H2,1H3. The van der Waals surface area contributed by atoms with E-state index in [9.17, 15) is 8.42 Å². The highest BCUT2D eigenvalue weighted by Crippen LogP contribution is 2.27. The van der Waals surface area contributed by atoms with Gasteiger partial charge in [0.15, 0.2) is 0 Å². The Bertz CT molecular complexity index is 277. The van der Waals surface area contributed by atoms with E-state index < -0.39 is 10.0 Å². The Morgan fingerprint density at radius 1 is 1.40 bits per heavy atom. The number of nitrogens with one attached hydrogen (secondary N) is 1. The van der Waals surface area contributed by atoms with Crippen LogP contribution in [0.1, 0.15) is 32.6 Å². The maximum atomic E-state index is 11.4. The highest BCUT2D eigenvalue weighted by atomic mass is 32.2. The van der Waals surface area contributed by atoms with Crippen molar-refractivity contribution in [3.05, 3.63) is 0 Å². The summed E-state index contributed by atoms with van der Waals surface area (Å²) in [5.74, 6) is 1.29. The van der Waals surface area contributed by atoms with Crippen LogP contribution in [0.5, 0.6) is 0 Å². The molecule has 0 bridgehead atoms. The van der Waals surface area contributed by atoms with Gasteiger partial charge < -0.3 is 5.73 Å². The van der Waals surface area contributed by atoms with E-state index in [-0.39, 0.29) is 12.3 Å². The first-order valence-corrected chi connectivity index (χ1v) is 7.36. The van der Waals surface area contributed by atoms with Gasteiger partial charge >= 0.3 is 0 Å². The van der Waals surface area contributed by atoms with Crippen LogP contribution in [-0.4, -0.2) is 27.3 Å². The van der Waals surface area contributed by atoms with Gasteiger partial charge in [-0.2, -0.15) is 0 Å². The number of hydrogen-bond acceptors (Lipinski definition) is 3. The fourth-order valence-electron chi connectivity index (χ4n) is 2.22. The summed E-state index contributed by atoms with van der Waals surface area (Å²) in [6.07, 6.45) is 4.80. The molecular formula is C10H22N2O2S. The van der Waals surface area contributed by atoms with Crippen LogP contribution in [0.15, 0.2) is 0 Å². The van der Waals surface area contributed by atoms with Crippen molar-refractivity contribution in [1.82, 2.24) is 4.72 Å². The molecule has 0 aromatic rings. The van der Waals surface area contributed by atoms with Gasteiger partial charge in [-0.15, -0.1) is 0 Å². The number of rotatable bonds is 5. The Hall–Kier alpha value is -0.130. The number of sulfonamides is 1. The van der Waals surface area contributed by atoms with Crippen molar-refractivity contribution in [1.29, 1.82) is 0 Å². The van der Waals surface area contributed by atoms with Crippen LogP contribution >= 0.6 is 0 Å². The molecule has 5 heteroatoms. The van der Waals surface area contributed by atoms with Gasteiger partial charge in [-0.3, -0.25) is 0 Å². The summed E-state index contributed by atoms with van der Waals surface area (Å²) in [5, 5.41) is 0. The first-order valence-electron chi connectivity index (χ1n) is 5.71. The monoisotopic (exact) mass is 234 g/mol. The average Bonchev–Trinajstić information content (AvgIpc) is 2.15. The first-order chi connectivity index (χ1) is 7.03. The molecule has 0 spiro atoms. The van der Waals surface area contributed by atoms with E-state index in [0.717, 1.165) is 18.8 Å². The van der Waals surface area contributed by atoms with Crippen molar-refractivity contribution in [2.45, 2.75) is 32.6 Å². The van der Waals surface area contributed by atoms with Gasteiger partial charge in [0.2, 0.25) is 10.0 Å². The summed E-state index contributed by atoms with van der Waals surface area (Å²) in [7, 11) is -3.12. The molecule has 4 nitrogen and oxygen atoms in total. The second kappa shape index (κ2) is 5.82. The minimum absolute atomic E-state index is 0.0370. The van der Waals surface area contributed by atoms with Crippen molar-refractivity contribution >= 4 is 10.0 Å². The second-order valence-electron chi connectivity index (χ2n) is 4.59. The van der Waals surface area contributed by atoms with Crippen LogP contribution in [-0.2, 0) is 10.0 Å². The molecule has 1 aliphatic rings. The minimum atomic E-state index is -3.12. The molecule has 90 valence electrons. The summed E-state index contributed by atoms with van der Waals surface area (Å²) in [6.45, 7) is 3.02. The lowest BCUT2D eigenvalue weighted by Crippen LogP contribution is -2.34. The fourth-order valence-corrected chi connectivity index (χ4v) is 3.16. The highest BCUT2D eigenvalue weighted by Gasteiger charge is 2.20. The second-order valence-corrected chi connectivity index (χ2v) is 6.52. The third kappa shape index (κ3) is 4.95. The molecule has 0 radical (unpaired) electrons. The summed E-state index contributed by atoms with van der Waals surface area (Å²) < 4.78 is 25.4. The van der Waals surface area contributed by atoms with Crippen molar-refractivity contribution < 1.29 is 8.42 Å². The van der Waals surface area contributed by atoms with Crippen LogP contribution in [0.4, 0.5) is 0 Å². The van der Waals surface area contributed by atoms with Crippen LogP contribution in [0.25, 0.3) is 0 Å². The van der Waals surface area contributed by atoms with E-state index in [0.29, 0.717) is 12.5 Å². The lowest BCUT2D eigenvalue weighted by molar-refractivity contribution is 0.283. The zero-order valence-electron chi connectivity index (χ0n) is 9.41. The molecule has 0 aromatic heterocycles. The Morgan fingerprint density at radius 3 is 2.73 bits per heavy atom. The SMILES string of the molecule is CC1CCCC(CNS(=O)(=O)CCN)C1. The fraction of sp³-hybridized carbons (Fsp3) is 1.00. The first kappa shape index (κ1) is 12.9. The molecule has 15 heavy (non-hydrogen) atoms. The van der Waals surface area contributed by atoms with Gasteiger partial charge in [-0.1, -0.05) is 19.8 Å². The molecule has 0 aromatic carbocycles. The maximum Gasteiger partial charge on any atom is 0.212 e. The molecule has 0 heterocycles. The van der Waals surface area contributed by atoms with Crippen LogP contribution in [0.3, 0.4) is 0 Å². The quantitative estimate of drug-likeness (QED) is 0.735. The summed E-state index contributed by atoms with van der Waals surface area (Å²) >= 11 is 0. The predicted octanol–water partition coefficient (Wildman–Crippen LogP) is 0.691. The molecule has 1 fully saturated rings. The Balaban J connectivity index is 2.30. The Morgan fingerprint density at radius 2 is 2.13 bits per heavy atom. The van der Waals surface area contributed by atoms with Gasteiger partial charge in [-0.25, -0.2) is 13.1 Å². The third-order valence-corrected chi connectivity index (χ3v) is 4.40. The normalized spacial score (nSPS) is 27.9. The molecule has 0 amide bonds. The van der Waals surface area contributed by atoms with Gasteiger partial charge in [0.05, 0.1) is 5.75 Å². The molecule has 1 aliphatic carbocycles. The molecule has 3 N–H and O–H groups in total. The van der Waals surface area contributed by atoms with Gasteiger partial charge in [0.25, 0.3) is 0 Å². The van der Waals surface area contributed by atoms with Crippen molar-refractivity contribution in [3.63, 3.8) is 0 Å². The topological polar surface area (TPSA) is 72.2 Å². The summed E-state index contributed by atoms with van der Waals surface area (Å²) in [5.41, 5.74) is 5.23. The van der Waals surface area contributed by atoms with Crippen molar-refractivity contribution in [3.8, 4) is 0 Å². The molecule has 1 saturated carbocycles. The van der Waals surface area contributed by atoms with Crippen molar-refractivity contribution in [2.24, 2.45) is 17.6 Å². The van der Waals surface area contributed by atoms with Crippen LogP contribution in [0, 0.1) is 11.8 Å². The lowest BCUT2D eigenvalue weighted by Gasteiger charge is -2.26. The zero-order chi connectivity index (χ0) is 11.3. The summed E-state index contributed by atoms with van der Waals surface area (Å²) in [4.78, 5) is 0. The van der Waals surface area contributed by atoms with E-state index in [1.54, 1.807) is 0 Å². The van der Waals surface area contributed by atoms with Crippen molar-refractivity contribution in [2.75, 3.05) is 18.8 Å². The highest BCUT2D eigenvalue weighted by molar-refractivity contribution is 7.89.